The zero-order valence-electron chi connectivity index (χ0n) is 12.1. The lowest BCUT2D eigenvalue weighted by Crippen LogP contribution is -1.88. The van der Waals surface area contributed by atoms with Crippen LogP contribution in [0, 0.1) is 21.4 Å². The molecule has 3 rings (SSSR count). The summed E-state index contributed by atoms with van der Waals surface area (Å²) in [5.74, 6) is 0. The van der Waals surface area contributed by atoms with Gasteiger partial charge >= 0.3 is 0 Å². The van der Waals surface area contributed by atoms with Gasteiger partial charge in [-0.3, -0.25) is 10.1 Å². The lowest BCUT2D eigenvalue weighted by Gasteiger charge is -2.02. The molecule has 0 aliphatic carbocycles. The monoisotopic (exact) mass is 300 g/mol. The summed E-state index contributed by atoms with van der Waals surface area (Å²) in [6, 6.07) is 22.1. The quantitative estimate of drug-likeness (QED) is 0.301. The van der Waals surface area contributed by atoms with E-state index in [2.05, 4.69) is 6.07 Å². The molecule has 0 amide bonds. The maximum absolute atomic E-state index is 10.7. The third-order valence-electron chi connectivity index (χ3n) is 3.59. The second-order valence-electron chi connectivity index (χ2n) is 5.08. The first-order chi connectivity index (χ1) is 11.2. The van der Waals surface area contributed by atoms with Crippen molar-refractivity contribution in [2.24, 2.45) is 0 Å². The second-order valence-corrected chi connectivity index (χ2v) is 5.08. The van der Waals surface area contributed by atoms with Crippen molar-refractivity contribution in [3.63, 3.8) is 0 Å². The lowest BCUT2D eigenvalue weighted by molar-refractivity contribution is -0.384. The fraction of sp³-hybridized carbons (Fsp3) is 0. The SMILES string of the molecule is N#C/C(=C/c1ccc2ccccc2c1)c1ccc([N+](=O)[O-])cc1. The Bertz CT molecular complexity index is 951. The molecule has 110 valence electrons. The Morgan fingerprint density at radius 3 is 2.35 bits per heavy atom. The summed E-state index contributed by atoms with van der Waals surface area (Å²) in [5.41, 5.74) is 2.05. The van der Waals surface area contributed by atoms with Gasteiger partial charge in [-0.1, -0.05) is 36.4 Å². The summed E-state index contributed by atoms with van der Waals surface area (Å²) in [6.45, 7) is 0. The average Bonchev–Trinajstić information content (AvgIpc) is 2.59. The van der Waals surface area contributed by atoms with Crippen LogP contribution in [0.4, 0.5) is 5.69 Å². The molecule has 0 unspecified atom stereocenters. The van der Waals surface area contributed by atoms with Crippen molar-refractivity contribution >= 4 is 28.1 Å². The van der Waals surface area contributed by atoms with Gasteiger partial charge < -0.3 is 0 Å². The molecule has 0 bridgehead atoms. The van der Waals surface area contributed by atoms with Crippen molar-refractivity contribution < 1.29 is 4.92 Å². The number of nitro benzene ring substituents is 1. The van der Waals surface area contributed by atoms with Crippen molar-refractivity contribution in [2.45, 2.75) is 0 Å². The highest BCUT2D eigenvalue weighted by Gasteiger charge is 2.07. The van der Waals surface area contributed by atoms with Crippen molar-refractivity contribution in [2.75, 3.05) is 0 Å². The Kier molecular flexibility index (Phi) is 3.86. The van der Waals surface area contributed by atoms with Crippen LogP contribution in [0.5, 0.6) is 0 Å². The summed E-state index contributed by atoms with van der Waals surface area (Å²) in [7, 11) is 0. The van der Waals surface area contributed by atoms with Crippen LogP contribution >= 0.6 is 0 Å². The number of benzene rings is 3. The van der Waals surface area contributed by atoms with E-state index in [1.807, 2.05) is 42.5 Å². The highest BCUT2D eigenvalue weighted by molar-refractivity contribution is 5.92. The minimum absolute atomic E-state index is 0.0109. The van der Waals surface area contributed by atoms with Crippen LogP contribution in [0.1, 0.15) is 11.1 Å². The third-order valence-corrected chi connectivity index (χ3v) is 3.59. The number of hydrogen-bond acceptors (Lipinski definition) is 3. The van der Waals surface area contributed by atoms with Gasteiger partial charge in [0.05, 0.1) is 16.6 Å². The van der Waals surface area contributed by atoms with E-state index in [0.717, 1.165) is 16.3 Å². The van der Waals surface area contributed by atoms with Gasteiger partial charge in [0, 0.05) is 12.1 Å². The van der Waals surface area contributed by atoms with Gasteiger partial charge in [-0.05, 0) is 46.2 Å². The van der Waals surface area contributed by atoms with Crippen LogP contribution in [-0.2, 0) is 0 Å². The first-order valence-electron chi connectivity index (χ1n) is 7.03. The molecule has 0 aliphatic heterocycles. The lowest BCUT2D eigenvalue weighted by atomic mass is 10.0. The minimum atomic E-state index is -0.455. The van der Waals surface area contributed by atoms with Crippen molar-refractivity contribution in [3.8, 4) is 6.07 Å². The Morgan fingerprint density at radius 1 is 1.00 bits per heavy atom. The molecule has 4 heteroatoms. The van der Waals surface area contributed by atoms with Crippen molar-refractivity contribution in [3.05, 3.63) is 88.0 Å². The van der Waals surface area contributed by atoms with E-state index >= 15 is 0 Å². The molecular weight excluding hydrogens is 288 g/mol. The summed E-state index contributed by atoms with van der Waals surface area (Å²) in [4.78, 5) is 10.2. The molecule has 0 aliphatic rings. The second kappa shape index (κ2) is 6.12. The van der Waals surface area contributed by atoms with Crippen LogP contribution in [0.2, 0.25) is 0 Å². The number of nitrogens with zero attached hydrogens (tertiary/aromatic N) is 2. The van der Waals surface area contributed by atoms with E-state index in [-0.39, 0.29) is 5.69 Å². The molecule has 0 spiro atoms. The molecule has 0 fully saturated rings. The number of allylic oxidation sites excluding steroid dienone is 1. The smallest absolute Gasteiger partial charge is 0.258 e. The molecule has 0 atom stereocenters. The van der Waals surface area contributed by atoms with Crippen LogP contribution in [0.25, 0.3) is 22.4 Å². The summed E-state index contributed by atoms with van der Waals surface area (Å²) in [6.07, 6.45) is 1.79. The molecule has 0 saturated carbocycles. The van der Waals surface area contributed by atoms with Crippen LogP contribution < -0.4 is 0 Å². The maximum atomic E-state index is 10.7. The van der Waals surface area contributed by atoms with E-state index in [4.69, 9.17) is 0 Å². The maximum Gasteiger partial charge on any atom is 0.269 e. The number of nitriles is 1. The topological polar surface area (TPSA) is 66.9 Å². The predicted octanol–water partition coefficient (Wildman–Crippen LogP) is 4.81. The van der Waals surface area contributed by atoms with Crippen LogP contribution in [-0.4, -0.2) is 4.92 Å². The molecule has 0 saturated heterocycles. The number of fused-ring (bicyclic) bond motifs is 1. The number of hydrogen-bond donors (Lipinski definition) is 0. The Balaban J connectivity index is 2.00. The van der Waals surface area contributed by atoms with Crippen LogP contribution in [0.3, 0.4) is 0 Å². The molecule has 0 radical (unpaired) electrons. The van der Waals surface area contributed by atoms with Gasteiger partial charge in [-0.2, -0.15) is 5.26 Å². The molecule has 0 aromatic heterocycles. The minimum Gasteiger partial charge on any atom is -0.258 e. The molecule has 3 aromatic carbocycles. The average molecular weight is 300 g/mol. The zero-order chi connectivity index (χ0) is 16.2. The highest BCUT2D eigenvalue weighted by atomic mass is 16.6. The largest absolute Gasteiger partial charge is 0.269 e. The van der Waals surface area contributed by atoms with Crippen molar-refractivity contribution in [1.29, 1.82) is 5.26 Å². The van der Waals surface area contributed by atoms with E-state index in [0.29, 0.717) is 11.1 Å². The molecule has 0 N–H and O–H groups in total. The molecular formula is C19H12N2O2. The Hall–Kier alpha value is -3.45. The fourth-order valence-corrected chi connectivity index (χ4v) is 2.41. The van der Waals surface area contributed by atoms with E-state index < -0.39 is 4.92 Å². The number of rotatable bonds is 3. The molecule has 3 aromatic rings. The van der Waals surface area contributed by atoms with Gasteiger partial charge in [-0.25, -0.2) is 0 Å². The van der Waals surface area contributed by atoms with E-state index in [9.17, 15) is 15.4 Å². The Morgan fingerprint density at radius 2 is 1.70 bits per heavy atom. The van der Waals surface area contributed by atoms with E-state index in [1.54, 1.807) is 18.2 Å². The van der Waals surface area contributed by atoms with Gasteiger partial charge in [0.25, 0.3) is 5.69 Å². The van der Waals surface area contributed by atoms with Crippen molar-refractivity contribution in [1.82, 2.24) is 0 Å². The first-order valence-corrected chi connectivity index (χ1v) is 7.03. The standard InChI is InChI=1S/C19H12N2O2/c20-13-18(16-7-9-19(10-8-16)21(22)23)12-14-5-6-15-3-1-2-4-17(15)11-14/h1-12H/b18-12-. The fourth-order valence-electron chi connectivity index (χ4n) is 2.41. The first kappa shape index (κ1) is 14.5. The predicted molar refractivity (Wildman–Crippen MR) is 90.5 cm³/mol. The molecule has 23 heavy (non-hydrogen) atoms. The summed E-state index contributed by atoms with van der Waals surface area (Å²) >= 11 is 0. The third kappa shape index (κ3) is 3.09. The normalized spacial score (nSPS) is 11.2. The highest BCUT2D eigenvalue weighted by Crippen LogP contribution is 2.23. The summed E-state index contributed by atoms with van der Waals surface area (Å²) in [5, 5.41) is 22.3. The summed E-state index contributed by atoms with van der Waals surface area (Å²) < 4.78 is 0. The van der Waals surface area contributed by atoms with E-state index in [1.165, 1.54) is 12.1 Å². The van der Waals surface area contributed by atoms with Gasteiger partial charge in [-0.15, -0.1) is 0 Å². The number of nitro groups is 1. The molecule has 0 heterocycles. The van der Waals surface area contributed by atoms with Gasteiger partial charge in [0.1, 0.15) is 0 Å². The molecule has 4 nitrogen and oxygen atoms in total. The Labute approximate surface area is 133 Å². The van der Waals surface area contributed by atoms with Gasteiger partial charge in [0.2, 0.25) is 0 Å². The van der Waals surface area contributed by atoms with Crippen LogP contribution in [0.15, 0.2) is 66.7 Å². The van der Waals surface area contributed by atoms with Gasteiger partial charge in [0.15, 0.2) is 0 Å². The number of non-ortho nitro benzene ring substituents is 1. The zero-order valence-corrected chi connectivity index (χ0v) is 12.1.